The Labute approximate surface area is 71.1 Å². The number of ether oxygens (including phenoxy) is 1. The van der Waals surface area contributed by atoms with Crippen molar-refractivity contribution in [3.05, 3.63) is 23.8 Å². The molecule has 0 heterocycles. The van der Waals surface area contributed by atoms with Gasteiger partial charge in [0.2, 0.25) is 0 Å². The lowest BCUT2D eigenvalue weighted by atomic mass is 10.2. The van der Waals surface area contributed by atoms with Gasteiger partial charge in [-0.05, 0) is 13.0 Å². The molecule has 2 N–H and O–H groups in total. The van der Waals surface area contributed by atoms with E-state index in [1.54, 1.807) is 18.2 Å². The van der Waals surface area contributed by atoms with Crippen LogP contribution in [0.15, 0.2) is 18.2 Å². The molecule has 0 aliphatic carbocycles. The van der Waals surface area contributed by atoms with Gasteiger partial charge in [0.15, 0.2) is 0 Å². The van der Waals surface area contributed by atoms with Gasteiger partial charge < -0.3 is 10.5 Å². The highest BCUT2D eigenvalue weighted by Crippen LogP contribution is 2.26. The molecule has 12 heavy (non-hydrogen) atoms. The van der Waals surface area contributed by atoms with E-state index in [1.807, 2.05) is 6.92 Å². The zero-order valence-corrected chi connectivity index (χ0v) is 7.01. The molecule has 0 amide bonds. The quantitative estimate of drug-likeness (QED) is 0.703. The molecule has 0 radical (unpaired) electrons. The van der Waals surface area contributed by atoms with Crippen molar-refractivity contribution in [1.82, 2.24) is 0 Å². The molecule has 0 saturated carbocycles. The van der Waals surface area contributed by atoms with Gasteiger partial charge in [-0.3, -0.25) is 0 Å². The number of hydrogen-bond donors (Lipinski definition) is 1. The van der Waals surface area contributed by atoms with Crippen LogP contribution >= 0.6 is 0 Å². The molecule has 1 aromatic carbocycles. The number of nitrogen functional groups attached to an aromatic ring is 1. The molecular weight excluding hydrogens is 157 g/mol. The molecule has 0 atom stereocenters. The van der Waals surface area contributed by atoms with Crippen molar-refractivity contribution in [2.45, 2.75) is 13.6 Å². The Morgan fingerprint density at radius 1 is 1.50 bits per heavy atom. The summed E-state index contributed by atoms with van der Waals surface area (Å²) in [5, 5.41) is 0. The molecule has 0 aromatic heterocycles. The number of benzene rings is 1. The summed E-state index contributed by atoms with van der Waals surface area (Å²) in [4.78, 5) is 0. The largest absolute Gasteiger partial charge is 0.491 e. The van der Waals surface area contributed by atoms with Gasteiger partial charge in [0, 0.05) is 5.56 Å². The van der Waals surface area contributed by atoms with Gasteiger partial charge in [0.05, 0.1) is 12.3 Å². The fourth-order valence-corrected chi connectivity index (χ4v) is 1.03. The molecule has 0 aliphatic heterocycles. The van der Waals surface area contributed by atoms with Crippen LogP contribution in [0.3, 0.4) is 0 Å². The van der Waals surface area contributed by atoms with Crippen LogP contribution in [-0.2, 0) is 6.67 Å². The minimum absolute atomic E-state index is 0.475. The fraction of sp³-hybridized carbons (Fsp3) is 0.333. The van der Waals surface area contributed by atoms with Gasteiger partial charge in [0.1, 0.15) is 12.4 Å². The maximum Gasteiger partial charge on any atom is 0.147 e. The zero-order valence-electron chi connectivity index (χ0n) is 7.01. The summed E-state index contributed by atoms with van der Waals surface area (Å²) in [5.74, 6) is 0.475. The molecule has 3 heteroatoms. The number of halogens is 1. The van der Waals surface area contributed by atoms with E-state index in [2.05, 4.69) is 0 Å². The second-order valence-electron chi connectivity index (χ2n) is 2.40. The highest BCUT2D eigenvalue weighted by Gasteiger charge is 2.05. The molecule has 0 unspecified atom stereocenters. The summed E-state index contributed by atoms with van der Waals surface area (Å²) in [7, 11) is 0. The van der Waals surface area contributed by atoms with Gasteiger partial charge in [-0.2, -0.15) is 0 Å². The summed E-state index contributed by atoms with van der Waals surface area (Å²) in [6.45, 7) is 1.80. The van der Waals surface area contributed by atoms with Crippen LogP contribution in [0.25, 0.3) is 0 Å². The summed E-state index contributed by atoms with van der Waals surface area (Å²) >= 11 is 0. The third-order valence-electron chi connectivity index (χ3n) is 1.56. The third-order valence-corrected chi connectivity index (χ3v) is 1.56. The highest BCUT2D eigenvalue weighted by atomic mass is 19.1. The standard InChI is InChI=1S/C9H12FNO/c1-2-12-9-7(6-10)4-3-5-8(9)11/h3-5H,2,6,11H2,1H3. The van der Waals surface area contributed by atoms with E-state index in [0.717, 1.165) is 0 Å². The van der Waals surface area contributed by atoms with Crippen molar-refractivity contribution in [1.29, 1.82) is 0 Å². The predicted molar refractivity (Wildman–Crippen MR) is 46.8 cm³/mol. The van der Waals surface area contributed by atoms with E-state index >= 15 is 0 Å². The predicted octanol–water partition coefficient (Wildman–Crippen LogP) is 2.14. The summed E-state index contributed by atoms with van der Waals surface area (Å²) in [6.07, 6.45) is 0. The molecule has 0 aliphatic rings. The summed E-state index contributed by atoms with van der Waals surface area (Å²) < 4.78 is 17.5. The smallest absolute Gasteiger partial charge is 0.147 e. The average Bonchev–Trinajstić information content (AvgIpc) is 2.09. The van der Waals surface area contributed by atoms with Gasteiger partial charge in [-0.15, -0.1) is 0 Å². The lowest BCUT2D eigenvalue weighted by Gasteiger charge is -2.09. The van der Waals surface area contributed by atoms with Crippen LogP contribution in [-0.4, -0.2) is 6.61 Å². The SMILES string of the molecule is CCOc1c(N)cccc1CF. The Morgan fingerprint density at radius 2 is 2.25 bits per heavy atom. The minimum Gasteiger partial charge on any atom is -0.491 e. The lowest BCUT2D eigenvalue weighted by Crippen LogP contribution is -1.99. The summed E-state index contributed by atoms with van der Waals surface area (Å²) in [6, 6.07) is 5.08. The Balaban J connectivity index is 3.02. The summed E-state index contributed by atoms with van der Waals surface area (Å²) in [5.41, 5.74) is 6.59. The molecule has 1 rings (SSSR count). The molecule has 2 nitrogen and oxygen atoms in total. The first-order valence-corrected chi connectivity index (χ1v) is 3.85. The van der Waals surface area contributed by atoms with Crippen LogP contribution < -0.4 is 10.5 Å². The van der Waals surface area contributed by atoms with Crippen molar-refractivity contribution in [2.75, 3.05) is 12.3 Å². The maximum atomic E-state index is 12.4. The van der Waals surface area contributed by atoms with E-state index in [9.17, 15) is 4.39 Å². The average molecular weight is 169 g/mol. The molecule has 0 fully saturated rings. The van der Waals surface area contributed by atoms with Crippen molar-refractivity contribution in [3.63, 3.8) is 0 Å². The number of para-hydroxylation sites is 1. The van der Waals surface area contributed by atoms with Gasteiger partial charge >= 0.3 is 0 Å². The first-order valence-electron chi connectivity index (χ1n) is 3.85. The van der Waals surface area contributed by atoms with Gasteiger partial charge in [-0.1, -0.05) is 12.1 Å². The molecule has 0 saturated heterocycles. The van der Waals surface area contributed by atoms with Gasteiger partial charge in [-0.25, -0.2) is 4.39 Å². The van der Waals surface area contributed by atoms with Crippen LogP contribution in [0.4, 0.5) is 10.1 Å². The van der Waals surface area contributed by atoms with E-state index in [0.29, 0.717) is 23.6 Å². The highest BCUT2D eigenvalue weighted by molar-refractivity contribution is 5.56. The normalized spacial score (nSPS) is 9.83. The number of nitrogens with two attached hydrogens (primary N) is 1. The topological polar surface area (TPSA) is 35.2 Å². The van der Waals surface area contributed by atoms with E-state index in [-0.39, 0.29) is 0 Å². The number of alkyl halides is 1. The maximum absolute atomic E-state index is 12.4. The van der Waals surface area contributed by atoms with Crippen molar-refractivity contribution in [3.8, 4) is 5.75 Å². The third kappa shape index (κ3) is 1.67. The number of hydrogen-bond acceptors (Lipinski definition) is 2. The zero-order chi connectivity index (χ0) is 8.97. The lowest BCUT2D eigenvalue weighted by molar-refractivity contribution is 0.332. The van der Waals surface area contributed by atoms with E-state index in [4.69, 9.17) is 10.5 Å². The van der Waals surface area contributed by atoms with Crippen LogP contribution in [0.2, 0.25) is 0 Å². The Kier molecular flexibility index (Phi) is 2.91. The monoisotopic (exact) mass is 169 g/mol. The minimum atomic E-state index is -0.541. The molecular formula is C9H12FNO. The Morgan fingerprint density at radius 3 is 2.83 bits per heavy atom. The first-order chi connectivity index (χ1) is 5.79. The number of anilines is 1. The first kappa shape index (κ1) is 8.84. The Hall–Kier alpha value is -1.25. The fourth-order valence-electron chi connectivity index (χ4n) is 1.03. The van der Waals surface area contributed by atoms with Crippen LogP contribution in [0.1, 0.15) is 12.5 Å². The van der Waals surface area contributed by atoms with E-state index in [1.165, 1.54) is 0 Å². The van der Waals surface area contributed by atoms with Crippen molar-refractivity contribution < 1.29 is 9.13 Å². The molecule has 0 spiro atoms. The van der Waals surface area contributed by atoms with Crippen molar-refractivity contribution >= 4 is 5.69 Å². The second-order valence-corrected chi connectivity index (χ2v) is 2.40. The van der Waals surface area contributed by atoms with E-state index < -0.39 is 6.67 Å². The molecule has 0 bridgehead atoms. The molecule has 66 valence electrons. The van der Waals surface area contributed by atoms with Crippen LogP contribution in [0, 0.1) is 0 Å². The van der Waals surface area contributed by atoms with Crippen molar-refractivity contribution in [2.24, 2.45) is 0 Å². The second kappa shape index (κ2) is 3.95. The molecule has 1 aromatic rings. The Bertz CT molecular complexity index is 263. The van der Waals surface area contributed by atoms with Crippen LogP contribution in [0.5, 0.6) is 5.75 Å². The van der Waals surface area contributed by atoms with Gasteiger partial charge in [0.25, 0.3) is 0 Å². The number of rotatable bonds is 3.